The van der Waals surface area contributed by atoms with Crippen molar-refractivity contribution in [3.63, 3.8) is 0 Å². The Balaban J connectivity index is 0.00000166. The predicted octanol–water partition coefficient (Wildman–Crippen LogP) is 4.20. The highest BCUT2D eigenvalue weighted by atomic mass is 35.5. The maximum atomic E-state index is 13.6. The van der Waals surface area contributed by atoms with Crippen molar-refractivity contribution in [1.29, 1.82) is 0 Å². The Morgan fingerprint density at radius 2 is 1.81 bits per heavy atom. The van der Waals surface area contributed by atoms with E-state index in [1.807, 2.05) is 12.1 Å². The van der Waals surface area contributed by atoms with Gasteiger partial charge < -0.3 is 15.5 Å². The van der Waals surface area contributed by atoms with E-state index in [0.717, 1.165) is 18.2 Å². The zero-order valence-corrected chi connectivity index (χ0v) is 17.9. The molecule has 9 heteroatoms. The molecule has 0 spiro atoms. The number of carboxylic acid groups (broad SMARTS) is 1. The van der Waals surface area contributed by atoms with E-state index < -0.39 is 12.4 Å². The molecular weight excluding hydrogens is 428 g/mol. The lowest BCUT2D eigenvalue weighted by atomic mass is 10.0. The minimum Gasteiger partial charge on any atom is -0.478 e. The van der Waals surface area contributed by atoms with Gasteiger partial charge >= 0.3 is 5.97 Å². The molecule has 0 radical (unpaired) electrons. The molecule has 0 saturated heterocycles. The molecule has 1 aromatic heterocycles. The molecule has 0 saturated carbocycles. The maximum Gasteiger partial charge on any atom is 0.335 e. The van der Waals surface area contributed by atoms with E-state index in [1.54, 1.807) is 24.3 Å². The highest BCUT2D eigenvalue weighted by Crippen LogP contribution is 2.27. The van der Waals surface area contributed by atoms with Crippen molar-refractivity contribution in [1.82, 2.24) is 15.1 Å². The van der Waals surface area contributed by atoms with Crippen LogP contribution in [0.25, 0.3) is 0 Å². The lowest BCUT2D eigenvalue weighted by Crippen LogP contribution is -2.15. The molecule has 0 fully saturated rings. The Bertz CT molecular complexity index is 1010. The topological polar surface area (TPSA) is 87.4 Å². The number of hydrogen-bond acceptors (Lipinski definition) is 4. The first-order valence-electron chi connectivity index (χ1n) is 9.40. The molecule has 6 nitrogen and oxygen atoms in total. The van der Waals surface area contributed by atoms with E-state index >= 15 is 0 Å². The summed E-state index contributed by atoms with van der Waals surface area (Å²) < 4.78 is 28.4. The minimum atomic E-state index is -2.65. The Morgan fingerprint density at radius 3 is 2.39 bits per heavy atom. The Hall–Kier alpha value is -2.81. The molecule has 0 aliphatic carbocycles. The Kier molecular flexibility index (Phi) is 9.11. The van der Waals surface area contributed by atoms with Crippen LogP contribution in [-0.2, 0) is 26.6 Å². The second-order valence-corrected chi connectivity index (χ2v) is 7.08. The number of rotatable bonds is 8. The van der Waals surface area contributed by atoms with E-state index in [-0.39, 0.29) is 17.8 Å². The average Bonchev–Trinajstić information content (AvgIpc) is 3.05. The summed E-state index contributed by atoms with van der Waals surface area (Å²) in [6.45, 7) is 0.623. The molecule has 3 rings (SSSR count). The van der Waals surface area contributed by atoms with Crippen LogP contribution in [0, 0.1) is 0 Å². The molecule has 0 bridgehead atoms. The third kappa shape index (κ3) is 6.58. The van der Waals surface area contributed by atoms with Gasteiger partial charge in [-0.3, -0.25) is 4.68 Å². The maximum absolute atomic E-state index is 13.6. The van der Waals surface area contributed by atoms with Crippen LogP contribution in [0.15, 0.2) is 48.5 Å². The normalized spacial score (nSPS) is 10.7. The quantitative estimate of drug-likeness (QED) is 0.478. The number of aryl methyl sites for hydroxylation is 1. The van der Waals surface area contributed by atoms with Crippen molar-refractivity contribution >= 4 is 17.6 Å². The van der Waals surface area contributed by atoms with Gasteiger partial charge in [0.25, 0.3) is 6.43 Å². The molecule has 0 aliphatic heterocycles. The number of aliphatic hydroxyl groups is 1. The van der Waals surface area contributed by atoms with Gasteiger partial charge in [0.15, 0.2) is 0 Å². The number of nitrogens with zero attached hydrogens (tertiary/aromatic N) is 2. The Labute approximate surface area is 184 Å². The lowest BCUT2D eigenvalue weighted by Gasteiger charge is -2.09. The van der Waals surface area contributed by atoms with Crippen molar-refractivity contribution in [3.8, 4) is 0 Å². The number of aliphatic hydroxyl groups excluding tert-OH is 1. The van der Waals surface area contributed by atoms with Gasteiger partial charge in [-0.25, -0.2) is 13.6 Å². The van der Waals surface area contributed by atoms with Gasteiger partial charge in [0.1, 0.15) is 5.69 Å². The summed E-state index contributed by atoms with van der Waals surface area (Å²) in [7, 11) is 2.51. The van der Waals surface area contributed by atoms with Crippen LogP contribution in [0.4, 0.5) is 8.78 Å². The van der Waals surface area contributed by atoms with Crippen LogP contribution < -0.4 is 5.32 Å². The number of aromatic nitrogens is 2. The standard InChI is InChI=1S/C21H20ClF2N3O2.CH4O/c1-27-19(20(23)24)17(18(26-27)10-14-3-2-4-16(22)9-14)12-25-11-13-5-7-15(8-6-13)21(28)29;1-2/h2-9,20,25H,10-12H2,1H3,(H,28,29);2H,1H3. The first-order chi connectivity index (χ1) is 14.8. The molecule has 0 unspecified atom stereocenters. The van der Waals surface area contributed by atoms with Crippen LogP contribution in [-0.4, -0.2) is 33.1 Å². The summed E-state index contributed by atoms with van der Waals surface area (Å²) >= 11 is 6.03. The fourth-order valence-corrected chi connectivity index (χ4v) is 3.40. The van der Waals surface area contributed by atoms with Gasteiger partial charge in [-0.2, -0.15) is 5.10 Å². The summed E-state index contributed by atoms with van der Waals surface area (Å²) in [5, 5.41) is 24.0. The molecule has 3 N–H and O–H groups in total. The number of benzene rings is 2. The zero-order valence-electron chi connectivity index (χ0n) is 17.1. The predicted molar refractivity (Wildman–Crippen MR) is 115 cm³/mol. The molecule has 3 aromatic rings. The number of halogens is 3. The van der Waals surface area contributed by atoms with Gasteiger partial charge in [-0.1, -0.05) is 35.9 Å². The minimum absolute atomic E-state index is 0.115. The van der Waals surface area contributed by atoms with Gasteiger partial charge in [0.05, 0.1) is 11.3 Å². The van der Waals surface area contributed by atoms with Gasteiger partial charge in [0.2, 0.25) is 0 Å². The third-order valence-corrected chi connectivity index (χ3v) is 4.81. The molecule has 2 aromatic carbocycles. The molecular formula is C22H24ClF2N3O3. The van der Waals surface area contributed by atoms with Crippen LogP contribution in [0.2, 0.25) is 5.02 Å². The highest BCUT2D eigenvalue weighted by Gasteiger charge is 2.23. The van der Waals surface area contributed by atoms with Gasteiger partial charge in [-0.05, 0) is 35.4 Å². The number of carboxylic acids is 1. The van der Waals surface area contributed by atoms with Crippen molar-refractivity contribution in [2.75, 3.05) is 7.11 Å². The van der Waals surface area contributed by atoms with Crippen molar-refractivity contribution in [2.45, 2.75) is 25.9 Å². The van der Waals surface area contributed by atoms with Crippen molar-refractivity contribution < 1.29 is 23.8 Å². The molecule has 166 valence electrons. The fraction of sp³-hybridized carbons (Fsp3) is 0.273. The number of carbonyl (C=O) groups is 1. The lowest BCUT2D eigenvalue weighted by molar-refractivity contribution is 0.0697. The van der Waals surface area contributed by atoms with Gasteiger partial charge in [0, 0.05) is 44.3 Å². The SMILES string of the molecule is CO.Cn1nc(Cc2cccc(Cl)c2)c(CNCc2ccc(C(=O)O)cc2)c1C(F)F. The number of aromatic carboxylic acids is 1. The summed E-state index contributed by atoms with van der Waals surface area (Å²) in [4.78, 5) is 10.9. The summed E-state index contributed by atoms with van der Waals surface area (Å²) in [6, 6.07) is 13.7. The number of nitrogens with one attached hydrogen (secondary N) is 1. The van der Waals surface area contributed by atoms with Crippen molar-refractivity contribution in [2.24, 2.45) is 7.05 Å². The smallest absolute Gasteiger partial charge is 0.335 e. The second kappa shape index (κ2) is 11.5. The average molecular weight is 452 g/mol. The van der Waals surface area contributed by atoms with E-state index in [1.165, 1.54) is 23.9 Å². The summed E-state index contributed by atoms with van der Waals surface area (Å²) in [5.74, 6) is -0.993. The molecule has 31 heavy (non-hydrogen) atoms. The number of hydrogen-bond donors (Lipinski definition) is 3. The van der Waals surface area contributed by atoms with E-state index in [2.05, 4.69) is 10.4 Å². The Morgan fingerprint density at radius 1 is 1.13 bits per heavy atom. The molecule has 0 atom stereocenters. The van der Waals surface area contributed by atoms with E-state index in [0.29, 0.717) is 29.2 Å². The largest absolute Gasteiger partial charge is 0.478 e. The third-order valence-electron chi connectivity index (χ3n) is 4.58. The van der Waals surface area contributed by atoms with Crippen LogP contribution in [0.3, 0.4) is 0 Å². The van der Waals surface area contributed by atoms with Crippen LogP contribution in [0.5, 0.6) is 0 Å². The highest BCUT2D eigenvalue weighted by molar-refractivity contribution is 6.30. The first kappa shape index (κ1) is 24.5. The first-order valence-corrected chi connectivity index (χ1v) is 9.78. The number of alkyl halides is 2. The molecule has 0 amide bonds. The summed E-state index contributed by atoms with van der Waals surface area (Å²) in [5.41, 5.74) is 2.86. The second-order valence-electron chi connectivity index (χ2n) is 6.65. The van der Waals surface area contributed by atoms with Crippen molar-refractivity contribution in [3.05, 3.63) is 87.2 Å². The molecule has 0 aliphatic rings. The zero-order chi connectivity index (χ0) is 23.0. The van der Waals surface area contributed by atoms with E-state index in [9.17, 15) is 13.6 Å². The van der Waals surface area contributed by atoms with Crippen LogP contribution in [0.1, 0.15) is 44.9 Å². The van der Waals surface area contributed by atoms with Crippen LogP contribution >= 0.6 is 11.6 Å². The van der Waals surface area contributed by atoms with Gasteiger partial charge in [-0.15, -0.1) is 0 Å². The monoisotopic (exact) mass is 451 g/mol. The van der Waals surface area contributed by atoms with E-state index in [4.69, 9.17) is 21.8 Å². The summed E-state index contributed by atoms with van der Waals surface area (Å²) in [6.07, 6.45) is -2.25. The molecule has 1 heterocycles. The fourth-order valence-electron chi connectivity index (χ4n) is 3.18.